The maximum absolute atomic E-state index is 8.99. The summed E-state index contributed by atoms with van der Waals surface area (Å²) in [5.41, 5.74) is 2.51. The van der Waals surface area contributed by atoms with E-state index in [1.807, 2.05) is 36.4 Å². The first-order chi connectivity index (χ1) is 11.8. The van der Waals surface area contributed by atoms with Crippen LogP contribution in [0.15, 0.2) is 67.0 Å². The van der Waals surface area contributed by atoms with E-state index in [0.29, 0.717) is 11.4 Å². The van der Waals surface area contributed by atoms with E-state index < -0.39 is 0 Å². The molecule has 0 aliphatic rings. The van der Waals surface area contributed by atoms with Gasteiger partial charge in [0, 0.05) is 24.0 Å². The van der Waals surface area contributed by atoms with Gasteiger partial charge >= 0.3 is 0 Å². The number of nitrogens with zero attached hydrogens (tertiary/aromatic N) is 4. The molecular weight excluding hydrogens is 298 g/mol. The molecule has 0 unspecified atom stereocenters. The molecule has 2 aromatic carbocycles. The Morgan fingerprint density at radius 2 is 1.88 bits per heavy atom. The predicted molar refractivity (Wildman–Crippen MR) is 95.6 cm³/mol. The first kappa shape index (κ1) is 15.5. The third-order valence-electron chi connectivity index (χ3n) is 3.58. The molecule has 0 spiro atoms. The van der Waals surface area contributed by atoms with Crippen LogP contribution in [0.3, 0.4) is 0 Å². The average molecular weight is 315 g/mol. The minimum absolute atomic E-state index is 0.605. The lowest BCUT2D eigenvalue weighted by Crippen LogP contribution is -2.17. The quantitative estimate of drug-likeness (QED) is 0.762. The summed E-state index contributed by atoms with van der Waals surface area (Å²) in [7, 11) is 0. The van der Waals surface area contributed by atoms with Crippen LogP contribution in [0, 0.1) is 11.3 Å². The highest BCUT2D eigenvalue weighted by Gasteiger charge is 2.09. The zero-order valence-electron chi connectivity index (χ0n) is 13.3. The topological polar surface area (TPSA) is 64.8 Å². The van der Waals surface area contributed by atoms with Gasteiger partial charge in [0.2, 0.25) is 0 Å². The van der Waals surface area contributed by atoms with Crippen molar-refractivity contribution >= 4 is 23.0 Å². The van der Waals surface area contributed by atoms with Crippen molar-refractivity contribution in [1.29, 1.82) is 5.26 Å². The van der Waals surface area contributed by atoms with Crippen LogP contribution in [0.5, 0.6) is 0 Å². The van der Waals surface area contributed by atoms with E-state index in [4.69, 9.17) is 5.26 Å². The Kier molecular flexibility index (Phi) is 4.68. The van der Waals surface area contributed by atoms with E-state index >= 15 is 0 Å². The van der Waals surface area contributed by atoms with E-state index in [1.54, 1.807) is 12.1 Å². The van der Waals surface area contributed by atoms with Crippen LogP contribution in [0.4, 0.5) is 23.0 Å². The zero-order valence-corrected chi connectivity index (χ0v) is 13.3. The molecule has 24 heavy (non-hydrogen) atoms. The Morgan fingerprint density at radius 1 is 1.04 bits per heavy atom. The number of anilines is 4. The molecule has 0 saturated heterocycles. The second-order valence-electron chi connectivity index (χ2n) is 5.16. The predicted octanol–water partition coefficient (Wildman–Crippen LogP) is 4.25. The number of nitrogens with one attached hydrogen (secondary N) is 1. The van der Waals surface area contributed by atoms with Crippen molar-refractivity contribution in [3.05, 3.63) is 72.6 Å². The summed E-state index contributed by atoms with van der Waals surface area (Å²) in [6.45, 7) is 2.88. The second kappa shape index (κ2) is 7.25. The Morgan fingerprint density at radius 3 is 2.62 bits per heavy atom. The van der Waals surface area contributed by atoms with Crippen molar-refractivity contribution in [2.24, 2.45) is 0 Å². The first-order valence-corrected chi connectivity index (χ1v) is 7.72. The number of nitriles is 1. The van der Waals surface area contributed by atoms with Crippen LogP contribution in [-0.2, 0) is 0 Å². The molecule has 118 valence electrons. The number of benzene rings is 2. The summed E-state index contributed by atoms with van der Waals surface area (Å²) in [6, 6.07) is 21.4. The van der Waals surface area contributed by atoms with Gasteiger partial charge in [0.15, 0.2) is 0 Å². The van der Waals surface area contributed by atoms with Crippen molar-refractivity contribution in [1.82, 2.24) is 9.97 Å². The number of aromatic nitrogens is 2. The highest BCUT2D eigenvalue weighted by atomic mass is 15.2. The van der Waals surface area contributed by atoms with E-state index in [9.17, 15) is 0 Å². The van der Waals surface area contributed by atoms with Crippen LogP contribution in [0.25, 0.3) is 0 Å². The molecule has 3 aromatic rings. The van der Waals surface area contributed by atoms with Crippen LogP contribution in [-0.4, -0.2) is 16.5 Å². The highest BCUT2D eigenvalue weighted by Crippen LogP contribution is 2.25. The molecule has 0 aliphatic carbocycles. The zero-order chi connectivity index (χ0) is 16.8. The van der Waals surface area contributed by atoms with Gasteiger partial charge in [-0.3, -0.25) is 0 Å². The minimum atomic E-state index is 0.605. The van der Waals surface area contributed by atoms with Crippen LogP contribution < -0.4 is 10.2 Å². The van der Waals surface area contributed by atoms with E-state index in [1.165, 1.54) is 6.33 Å². The molecular formula is C19H17N5. The largest absolute Gasteiger partial charge is 0.340 e. The lowest BCUT2D eigenvalue weighted by Gasteiger charge is -2.22. The normalized spacial score (nSPS) is 10.0. The summed E-state index contributed by atoms with van der Waals surface area (Å²) in [5, 5.41) is 12.2. The fourth-order valence-corrected chi connectivity index (χ4v) is 2.46. The summed E-state index contributed by atoms with van der Waals surface area (Å²) in [6.07, 6.45) is 1.54. The molecule has 0 atom stereocenters. The molecule has 3 rings (SSSR count). The molecule has 1 heterocycles. The number of hydrogen-bond acceptors (Lipinski definition) is 5. The van der Waals surface area contributed by atoms with Gasteiger partial charge in [-0.1, -0.05) is 24.3 Å². The molecule has 0 aliphatic heterocycles. The maximum Gasteiger partial charge on any atom is 0.138 e. The molecule has 1 aromatic heterocycles. The van der Waals surface area contributed by atoms with Crippen molar-refractivity contribution in [3.63, 3.8) is 0 Å². The Hall–Kier alpha value is -3.39. The summed E-state index contributed by atoms with van der Waals surface area (Å²) in [4.78, 5) is 10.8. The van der Waals surface area contributed by atoms with Gasteiger partial charge in [0.25, 0.3) is 0 Å². The lowest BCUT2D eigenvalue weighted by atomic mass is 10.2. The van der Waals surface area contributed by atoms with Gasteiger partial charge in [-0.05, 0) is 37.3 Å². The molecule has 5 heteroatoms. The highest BCUT2D eigenvalue weighted by molar-refractivity contribution is 5.65. The summed E-state index contributed by atoms with van der Waals surface area (Å²) >= 11 is 0. The van der Waals surface area contributed by atoms with E-state index in [-0.39, 0.29) is 0 Å². The third-order valence-corrected chi connectivity index (χ3v) is 3.58. The van der Waals surface area contributed by atoms with Crippen molar-refractivity contribution < 1.29 is 0 Å². The average Bonchev–Trinajstić information content (AvgIpc) is 2.64. The molecule has 0 saturated carbocycles. The standard InChI is InChI=1S/C19H17N5/c1-2-24(17-9-4-3-5-10-17)19-12-18(21-14-22-19)23-16-8-6-7-15(11-16)13-20/h3-12,14H,2H2,1H3,(H,21,22,23). The summed E-state index contributed by atoms with van der Waals surface area (Å²) < 4.78 is 0. The lowest BCUT2D eigenvalue weighted by molar-refractivity contribution is 0.977. The Balaban J connectivity index is 1.87. The van der Waals surface area contributed by atoms with Crippen LogP contribution in [0.2, 0.25) is 0 Å². The van der Waals surface area contributed by atoms with E-state index in [0.717, 1.165) is 23.7 Å². The number of para-hydroxylation sites is 1. The molecule has 0 fully saturated rings. The Labute approximate surface area is 141 Å². The molecule has 0 radical (unpaired) electrons. The molecule has 0 bridgehead atoms. The van der Waals surface area contributed by atoms with Gasteiger partial charge in [-0.15, -0.1) is 0 Å². The van der Waals surface area contributed by atoms with E-state index in [2.05, 4.69) is 45.3 Å². The molecule has 1 N–H and O–H groups in total. The van der Waals surface area contributed by atoms with Crippen LogP contribution >= 0.6 is 0 Å². The number of rotatable bonds is 5. The smallest absolute Gasteiger partial charge is 0.138 e. The molecule has 0 amide bonds. The SMILES string of the molecule is CCN(c1ccccc1)c1cc(Nc2cccc(C#N)c2)ncn1. The molecule has 5 nitrogen and oxygen atoms in total. The van der Waals surface area contributed by atoms with Crippen molar-refractivity contribution in [3.8, 4) is 6.07 Å². The van der Waals surface area contributed by atoms with Gasteiger partial charge < -0.3 is 10.2 Å². The fraction of sp³-hybridized carbons (Fsp3) is 0.105. The fourth-order valence-electron chi connectivity index (χ4n) is 2.46. The third kappa shape index (κ3) is 3.50. The van der Waals surface area contributed by atoms with Crippen LogP contribution in [0.1, 0.15) is 12.5 Å². The van der Waals surface area contributed by atoms with Gasteiger partial charge in [0.05, 0.1) is 11.6 Å². The maximum atomic E-state index is 8.99. The second-order valence-corrected chi connectivity index (χ2v) is 5.16. The van der Waals surface area contributed by atoms with Crippen molar-refractivity contribution in [2.75, 3.05) is 16.8 Å². The first-order valence-electron chi connectivity index (χ1n) is 7.72. The minimum Gasteiger partial charge on any atom is -0.340 e. The van der Waals surface area contributed by atoms with Gasteiger partial charge in [-0.2, -0.15) is 5.26 Å². The number of hydrogen-bond donors (Lipinski definition) is 1. The summed E-state index contributed by atoms with van der Waals surface area (Å²) in [5.74, 6) is 1.50. The monoisotopic (exact) mass is 315 g/mol. The van der Waals surface area contributed by atoms with Gasteiger partial charge in [-0.25, -0.2) is 9.97 Å². The van der Waals surface area contributed by atoms with Crippen molar-refractivity contribution in [2.45, 2.75) is 6.92 Å². The Bertz CT molecular complexity index is 855. The van der Waals surface area contributed by atoms with Gasteiger partial charge in [0.1, 0.15) is 18.0 Å².